The van der Waals surface area contributed by atoms with Gasteiger partial charge in [-0.2, -0.15) is 0 Å². The molecule has 2 aliphatic rings. The molecule has 142 valence electrons. The first-order valence-corrected chi connectivity index (χ1v) is 9.05. The predicted molar refractivity (Wildman–Crippen MR) is 101 cm³/mol. The zero-order chi connectivity index (χ0) is 19.9. The Labute approximate surface area is 162 Å². The predicted octanol–water partition coefficient (Wildman–Crippen LogP) is 3.73. The van der Waals surface area contributed by atoms with Gasteiger partial charge >= 0.3 is 12.1 Å². The maximum Gasteiger partial charge on any atom is 0.408 e. The van der Waals surface area contributed by atoms with E-state index < -0.39 is 23.5 Å². The van der Waals surface area contributed by atoms with Crippen LogP contribution in [0.25, 0.3) is 0 Å². The van der Waals surface area contributed by atoms with Crippen LogP contribution >= 0.6 is 0 Å². The van der Waals surface area contributed by atoms with Crippen LogP contribution in [-0.2, 0) is 10.3 Å². The highest BCUT2D eigenvalue weighted by molar-refractivity contribution is 6.15. The van der Waals surface area contributed by atoms with E-state index in [0.29, 0.717) is 16.9 Å². The summed E-state index contributed by atoms with van der Waals surface area (Å²) < 4.78 is 5.19. The van der Waals surface area contributed by atoms with Crippen molar-refractivity contribution in [2.24, 2.45) is 0 Å². The van der Waals surface area contributed by atoms with Crippen molar-refractivity contribution in [3.8, 4) is 5.75 Å². The standard InChI is InChI=1S/C22H19NO5/c1-2-13-23(21(26)27)22(11-12-22)15-9-7-14(8-10-15)19(24)18-16-5-3-4-6-17(16)28-20(18)25/h2-10,18H,1,11-13H2,(H,26,27). The Kier molecular flexibility index (Phi) is 4.26. The number of esters is 1. The average molecular weight is 377 g/mol. The van der Waals surface area contributed by atoms with Gasteiger partial charge in [0.25, 0.3) is 0 Å². The average Bonchev–Trinajstić information content (AvgIpc) is 3.42. The van der Waals surface area contributed by atoms with Crippen LogP contribution in [0.3, 0.4) is 0 Å². The summed E-state index contributed by atoms with van der Waals surface area (Å²) in [5.74, 6) is -1.45. The fourth-order valence-corrected chi connectivity index (χ4v) is 3.86. The summed E-state index contributed by atoms with van der Waals surface area (Å²) in [5, 5.41) is 9.52. The van der Waals surface area contributed by atoms with Crippen LogP contribution in [0.4, 0.5) is 4.79 Å². The van der Waals surface area contributed by atoms with Crippen LogP contribution in [0, 0.1) is 0 Å². The van der Waals surface area contributed by atoms with E-state index >= 15 is 0 Å². The zero-order valence-corrected chi connectivity index (χ0v) is 15.1. The number of hydrogen-bond acceptors (Lipinski definition) is 4. The van der Waals surface area contributed by atoms with Gasteiger partial charge in [-0.3, -0.25) is 14.5 Å². The van der Waals surface area contributed by atoms with Crippen molar-refractivity contribution in [1.82, 2.24) is 4.90 Å². The Balaban J connectivity index is 1.61. The van der Waals surface area contributed by atoms with Crippen LogP contribution in [0.15, 0.2) is 61.2 Å². The Bertz CT molecular complexity index is 975. The normalized spacial score (nSPS) is 18.7. The van der Waals surface area contributed by atoms with Crippen molar-refractivity contribution in [3.63, 3.8) is 0 Å². The first-order valence-electron chi connectivity index (χ1n) is 9.05. The summed E-state index contributed by atoms with van der Waals surface area (Å²) in [5.41, 5.74) is 1.23. The Morgan fingerprint density at radius 1 is 1.18 bits per heavy atom. The second kappa shape index (κ2) is 6.64. The van der Waals surface area contributed by atoms with Crippen molar-refractivity contribution in [3.05, 3.63) is 77.9 Å². The zero-order valence-electron chi connectivity index (χ0n) is 15.1. The number of fused-ring (bicyclic) bond motifs is 1. The van der Waals surface area contributed by atoms with Crippen LogP contribution < -0.4 is 4.74 Å². The maximum atomic E-state index is 12.9. The summed E-state index contributed by atoms with van der Waals surface area (Å²) in [6.45, 7) is 3.87. The number of carbonyl (C=O) groups excluding carboxylic acids is 2. The second-order valence-electron chi connectivity index (χ2n) is 7.05. The SMILES string of the molecule is C=CCN(C(=O)O)C1(c2ccc(C(=O)C3C(=O)Oc4ccccc43)cc2)CC1. The third-order valence-electron chi connectivity index (χ3n) is 5.43. The highest BCUT2D eigenvalue weighted by Gasteiger charge is 2.51. The molecule has 6 heteroatoms. The van der Waals surface area contributed by atoms with Gasteiger partial charge in [0.2, 0.25) is 0 Å². The summed E-state index contributed by atoms with van der Waals surface area (Å²) in [6.07, 6.45) is 2.02. The Morgan fingerprint density at radius 2 is 1.86 bits per heavy atom. The van der Waals surface area contributed by atoms with Crippen LogP contribution in [0.5, 0.6) is 5.75 Å². The summed E-state index contributed by atoms with van der Waals surface area (Å²) in [7, 11) is 0. The number of ether oxygens (including phenoxy) is 1. The molecule has 0 radical (unpaired) electrons. The Morgan fingerprint density at radius 3 is 2.46 bits per heavy atom. The van der Waals surface area contributed by atoms with Crippen molar-refractivity contribution in [1.29, 1.82) is 0 Å². The van der Waals surface area contributed by atoms with Crippen LogP contribution in [0.1, 0.15) is 40.2 Å². The monoisotopic (exact) mass is 377 g/mol. The molecule has 6 nitrogen and oxygen atoms in total. The van der Waals surface area contributed by atoms with E-state index in [4.69, 9.17) is 4.74 Å². The molecule has 0 spiro atoms. The lowest BCUT2D eigenvalue weighted by Crippen LogP contribution is -2.39. The molecular formula is C22H19NO5. The maximum absolute atomic E-state index is 12.9. The van der Waals surface area contributed by atoms with Gasteiger partial charge in [0.1, 0.15) is 11.7 Å². The summed E-state index contributed by atoms with van der Waals surface area (Å²) >= 11 is 0. The van der Waals surface area contributed by atoms with E-state index in [2.05, 4.69) is 6.58 Å². The highest BCUT2D eigenvalue weighted by Crippen LogP contribution is 2.51. The van der Waals surface area contributed by atoms with E-state index in [-0.39, 0.29) is 12.3 Å². The first kappa shape index (κ1) is 18.0. The lowest BCUT2D eigenvalue weighted by Gasteiger charge is -2.29. The highest BCUT2D eigenvalue weighted by atomic mass is 16.5. The van der Waals surface area contributed by atoms with E-state index in [1.807, 2.05) is 0 Å². The van der Waals surface area contributed by atoms with Gasteiger partial charge in [0.05, 0.1) is 5.54 Å². The number of carbonyl (C=O) groups is 3. The molecule has 1 amide bonds. The number of Topliss-reactive ketones (excluding diaryl/α,β-unsaturated/α-hetero) is 1. The van der Waals surface area contributed by atoms with Crippen molar-refractivity contribution >= 4 is 17.8 Å². The number of rotatable bonds is 6. The topological polar surface area (TPSA) is 83.9 Å². The minimum absolute atomic E-state index is 0.237. The smallest absolute Gasteiger partial charge is 0.408 e. The molecule has 1 heterocycles. The van der Waals surface area contributed by atoms with Gasteiger partial charge < -0.3 is 9.84 Å². The minimum Gasteiger partial charge on any atom is -0.465 e. The third-order valence-corrected chi connectivity index (χ3v) is 5.43. The number of benzene rings is 2. The molecule has 1 unspecified atom stereocenters. The summed E-state index contributed by atoms with van der Waals surface area (Å²) in [4.78, 5) is 38.1. The Hall–Kier alpha value is -3.41. The molecule has 1 aliphatic carbocycles. The van der Waals surface area contributed by atoms with Gasteiger partial charge in [-0.1, -0.05) is 48.5 Å². The van der Waals surface area contributed by atoms with E-state index in [9.17, 15) is 19.5 Å². The number of carboxylic acid groups (broad SMARTS) is 1. The van der Waals surface area contributed by atoms with E-state index in [1.165, 1.54) is 4.90 Å². The molecule has 0 saturated heterocycles. The molecule has 0 aromatic heterocycles. The summed E-state index contributed by atoms with van der Waals surface area (Å²) in [6, 6.07) is 13.7. The molecule has 4 rings (SSSR count). The molecule has 1 aliphatic heterocycles. The fourth-order valence-electron chi connectivity index (χ4n) is 3.86. The van der Waals surface area contributed by atoms with Crippen LogP contribution in [0.2, 0.25) is 0 Å². The minimum atomic E-state index is -0.997. The molecule has 2 aromatic rings. The van der Waals surface area contributed by atoms with Crippen molar-refractivity contribution in [2.75, 3.05) is 6.54 Å². The molecule has 2 aromatic carbocycles. The molecular weight excluding hydrogens is 358 g/mol. The number of amides is 1. The molecule has 1 N–H and O–H groups in total. The van der Waals surface area contributed by atoms with Gasteiger partial charge in [0, 0.05) is 17.7 Å². The fraction of sp³-hybridized carbons (Fsp3) is 0.227. The number of nitrogens with zero attached hydrogens (tertiary/aromatic N) is 1. The van der Waals surface area contributed by atoms with Crippen molar-refractivity contribution in [2.45, 2.75) is 24.3 Å². The lowest BCUT2D eigenvalue weighted by molar-refractivity contribution is -0.132. The van der Waals surface area contributed by atoms with E-state index in [0.717, 1.165) is 18.4 Å². The molecule has 28 heavy (non-hydrogen) atoms. The second-order valence-corrected chi connectivity index (χ2v) is 7.05. The lowest BCUT2D eigenvalue weighted by atomic mass is 9.90. The van der Waals surface area contributed by atoms with Gasteiger partial charge in [0.15, 0.2) is 5.78 Å². The molecule has 1 fully saturated rings. The number of ketones is 1. The van der Waals surface area contributed by atoms with Crippen molar-refractivity contribution < 1.29 is 24.2 Å². The van der Waals surface area contributed by atoms with Crippen LogP contribution in [-0.4, -0.2) is 34.4 Å². The van der Waals surface area contributed by atoms with Gasteiger partial charge in [-0.25, -0.2) is 4.79 Å². The quantitative estimate of drug-likeness (QED) is 0.273. The number of para-hydroxylation sites is 1. The molecule has 0 bridgehead atoms. The van der Waals surface area contributed by atoms with Gasteiger partial charge in [-0.05, 0) is 24.5 Å². The number of hydrogen-bond donors (Lipinski definition) is 1. The molecule has 1 atom stereocenters. The largest absolute Gasteiger partial charge is 0.465 e. The first-order chi connectivity index (χ1) is 13.5. The third kappa shape index (κ3) is 2.78. The van der Waals surface area contributed by atoms with E-state index in [1.54, 1.807) is 54.6 Å². The van der Waals surface area contributed by atoms with Gasteiger partial charge in [-0.15, -0.1) is 6.58 Å². The molecule has 1 saturated carbocycles.